The molecular weight excluding hydrogens is 280 g/mol. The van der Waals surface area contributed by atoms with E-state index in [1.54, 1.807) is 48.7 Å². The lowest BCUT2D eigenvalue weighted by Crippen LogP contribution is -2.42. The largest absolute Gasteiger partial charge is 0.501 e. The maximum absolute atomic E-state index is 12.7. The number of hydrogen-bond acceptors (Lipinski definition) is 4. The fourth-order valence-electron chi connectivity index (χ4n) is 2.33. The van der Waals surface area contributed by atoms with Crippen molar-refractivity contribution in [2.75, 3.05) is 11.5 Å². The molecule has 0 atom stereocenters. The molecule has 0 radical (unpaired) electrons. The smallest absolute Gasteiger partial charge is 0.270 e. The number of imide groups is 1. The summed E-state index contributed by atoms with van der Waals surface area (Å²) in [5, 5.41) is 0. The molecule has 2 heterocycles. The lowest BCUT2D eigenvalue weighted by molar-refractivity contribution is -0.113. The first-order valence-electron chi connectivity index (χ1n) is 6.95. The van der Waals surface area contributed by atoms with Crippen LogP contribution in [-0.4, -0.2) is 23.4 Å². The van der Waals surface area contributed by atoms with Crippen molar-refractivity contribution in [3.05, 3.63) is 66.1 Å². The molecule has 110 valence electrons. The third kappa shape index (κ3) is 2.26. The summed E-state index contributed by atoms with van der Waals surface area (Å²) in [5.74, 6) is -0.516. The van der Waals surface area contributed by atoms with Gasteiger partial charge >= 0.3 is 0 Å². The average molecular weight is 294 g/mol. The average Bonchev–Trinajstić information content (AvgIpc) is 2.56. The van der Waals surface area contributed by atoms with Crippen molar-refractivity contribution in [2.45, 2.75) is 6.92 Å². The molecule has 0 unspecified atom stereocenters. The number of anilines is 1. The highest BCUT2D eigenvalue weighted by molar-refractivity contribution is 6.40. The Labute approximate surface area is 127 Å². The van der Waals surface area contributed by atoms with Crippen LogP contribution in [0.2, 0.25) is 0 Å². The van der Waals surface area contributed by atoms with Gasteiger partial charge in [-0.25, -0.2) is 9.88 Å². The van der Waals surface area contributed by atoms with Gasteiger partial charge in [0.15, 0.2) is 0 Å². The van der Waals surface area contributed by atoms with Crippen molar-refractivity contribution in [2.24, 2.45) is 0 Å². The predicted molar refractivity (Wildman–Crippen MR) is 82.1 cm³/mol. The first kappa shape index (κ1) is 14.0. The Morgan fingerprint density at radius 1 is 1.05 bits per heavy atom. The van der Waals surface area contributed by atoms with Crippen LogP contribution in [0.4, 0.5) is 5.82 Å². The van der Waals surface area contributed by atoms with Gasteiger partial charge < -0.3 is 4.74 Å². The molecule has 2 aromatic rings. The van der Waals surface area contributed by atoms with Gasteiger partial charge in [0.2, 0.25) is 0 Å². The summed E-state index contributed by atoms with van der Waals surface area (Å²) in [4.78, 5) is 30.5. The molecule has 0 fully saturated rings. The summed E-state index contributed by atoms with van der Waals surface area (Å²) in [5.41, 5.74) is 1.39. The minimum atomic E-state index is -0.434. The van der Waals surface area contributed by atoms with E-state index in [-0.39, 0.29) is 5.91 Å². The number of benzene rings is 1. The molecule has 1 aromatic heterocycles. The fraction of sp³-hybridized carbons (Fsp3) is 0.118. The highest BCUT2D eigenvalue weighted by atomic mass is 16.5. The lowest BCUT2D eigenvalue weighted by Gasteiger charge is -2.27. The Bertz CT molecular complexity index is 754. The third-order valence-electron chi connectivity index (χ3n) is 3.33. The van der Waals surface area contributed by atoms with Crippen molar-refractivity contribution in [1.82, 2.24) is 4.98 Å². The van der Waals surface area contributed by atoms with Crippen LogP contribution in [0.15, 0.2) is 54.9 Å². The second kappa shape index (κ2) is 5.81. The van der Waals surface area contributed by atoms with Crippen LogP contribution in [0, 0.1) is 0 Å². The van der Waals surface area contributed by atoms with E-state index in [0.29, 0.717) is 29.1 Å². The van der Waals surface area contributed by atoms with E-state index in [0.717, 1.165) is 4.90 Å². The number of nitrogens with zero attached hydrogens (tertiary/aromatic N) is 2. The topological polar surface area (TPSA) is 59.5 Å². The Morgan fingerprint density at radius 2 is 1.77 bits per heavy atom. The van der Waals surface area contributed by atoms with E-state index in [1.165, 1.54) is 6.26 Å². The molecule has 1 aliphatic rings. The zero-order valence-corrected chi connectivity index (χ0v) is 12.0. The molecule has 2 amide bonds. The number of aromatic nitrogens is 1. The quantitative estimate of drug-likeness (QED) is 0.496. The van der Waals surface area contributed by atoms with Gasteiger partial charge in [-0.1, -0.05) is 24.3 Å². The number of ether oxygens (including phenoxy) is 1. The Kier molecular flexibility index (Phi) is 3.70. The van der Waals surface area contributed by atoms with Crippen molar-refractivity contribution in [3.8, 4) is 0 Å². The van der Waals surface area contributed by atoms with E-state index >= 15 is 0 Å². The number of hydrogen-bond donors (Lipinski definition) is 0. The summed E-state index contributed by atoms with van der Waals surface area (Å²) >= 11 is 0. The van der Waals surface area contributed by atoms with Crippen molar-refractivity contribution in [1.29, 1.82) is 0 Å². The SMILES string of the molecule is CCOC=C1C(=O)N(c2ccccn2)C(=O)c2ccccc21. The van der Waals surface area contributed by atoms with Crippen LogP contribution in [0.3, 0.4) is 0 Å². The summed E-state index contributed by atoms with van der Waals surface area (Å²) in [6, 6.07) is 12.1. The molecule has 0 bridgehead atoms. The van der Waals surface area contributed by atoms with Crippen LogP contribution in [-0.2, 0) is 9.53 Å². The van der Waals surface area contributed by atoms with Gasteiger partial charge in [-0.2, -0.15) is 0 Å². The number of carbonyl (C=O) groups is 2. The van der Waals surface area contributed by atoms with Gasteiger partial charge in [-0.05, 0) is 25.1 Å². The minimum Gasteiger partial charge on any atom is -0.501 e. The zero-order valence-electron chi connectivity index (χ0n) is 12.0. The molecular formula is C17H14N2O3. The van der Waals surface area contributed by atoms with Crippen LogP contribution < -0.4 is 4.90 Å². The standard InChI is InChI=1S/C17H14N2O3/c1-2-22-11-14-12-7-3-4-8-13(12)16(20)19(17(14)21)15-9-5-6-10-18-15/h3-11H,2H2,1H3. The van der Waals surface area contributed by atoms with Crippen molar-refractivity contribution >= 4 is 23.2 Å². The highest BCUT2D eigenvalue weighted by Gasteiger charge is 2.36. The molecule has 5 nitrogen and oxygen atoms in total. The Morgan fingerprint density at radius 3 is 2.45 bits per heavy atom. The van der Waals surface area contributed by atoms with E-state index in [4.69, 9.17) is 4.74 Å². The van der Waals surface area contributed by atoms with Crippen LogP contribution in [0.1, 0.15) is 22.8 Å². The molecule has 0 saturated heterocycles. The number of carbonyl (C=O) groups excluding carboxylic acids is 2. The Balaban J connectivity index is 2.16. The first-order valence-corrected chi connectivity index (χ1v) is 6.95. The van der Waals surface area contributed by atoms with E-state index in [2.05, 4.69) is 4.98 Å². The van der Waals surface area contributed by atoms with E-state index in [9.17, 15) is 9.59 Å². The number of fused-ring (bicyclic) bond motifs is 1. The van der Waals surface area contributed by atoms with Crippen LogP contribution >= 0.6 is 0 Å². The molecule has 0 aliphatic carbocycles. The number of pyridine rings is 1. The molecule has 1 aliphatic heterocycles. The second-order valence-electron chi connectivity index (χ2n) is 4.67. The second-order valence-corrected chi connectivity index (χ2v) is 4.67. The maximum atomic E-state index is 12.7. The van der Waals surface area contributed by atoms with Gasteiger partial charge in [-0.15, -0.1) is 0 Å². The van der Waals surface area contributed by atoms with Gasteiger partial charge in [-0.3, -0.25) is 9.59 Å². The van der Waals surface area contributed by atoms with Gasteiger partial charge in [0.1, 0.15) is 5.82 Å². The summed E-state index contributed by atoms with van der Waals surface area (Å²) in [6.45, 7) is 2.27. The predicted octanol–water partition coefficient (Wildman–Crippen LogP) is 2.65. The fourth-order valence-corrected chi connectivity index (χ4v) is 2.33. The van der Waals surface area contributed by atoms with Crippen LogP contribution in [0.25, 0.3) is 5.57 Å². The molecule has 0 spiro atoms. The summed E-state index contributed by atoms with van der Waals surface area (Å²) < 4.78 is 5.28. The monoisotopic (exact) mass is 294 g/mol. The van der Waals surface area contributed by atoms with E-state index < -0.39 is 5.91 Å². The molecule has 22 heavy (non-hydrogen) atoms. The molecule has 0 saturated carbocycles. The van der Waals surface area contributed by atoms with E-state index in [1.807, 2.05) is 6.92 Å². The third-order valence-corrected chi connectivity index (χ3v) is 3.33. The lowest BCUT2D eigenvalue weighted by atomic mass is 9.94. The summed E-state index contributed by atoms with van der Waals surface area (Å²) in [7, 11) is 0. The molecule has 3 rings (SSSR count). The Hall–Kier alpha value is -2.95. The maximum Gasteiger partial charge on any atom is 0.270 e. The zero-order chi connectivity index (χ0) is 15.5. The minimum absolute atomic E-state index is 0.300. The van der Waals surface area contributed by atoms with Gasteiger partial charge in [0, 0.05) is 17.3 Å². The number of rotatable bonds is 3. The first-order chi connectivity index (χ1) is 10.7. The molecule has 5 heteroatoms. The molecule has 1 aromatic carbocycles. The normalized spacial score (nSPS) is 15.9. The highest BCUT2D eigenvalue weighted by Crippen LogP contribution is 2.31. The molecule has 0 N–H and O–H groups in total. The summed E-state index contributed by atoms with van der Waals surface area (Å²) in [6.07, 6.45) is 2.95. The number of amides is 2. The van der Waals surface area contributed by atoms with Gasteiger partial charge in [0.25, 0.3) is 11.8 Å². The van der Waals surface area contributed by atoms with Crippen molar-refractivity contribution in [3.63, 3.8) is 0 Å². The van der Waals surface area contributed by atoms with Crippen LogP contribution in [0.5, 0.6) is 0 Å². The van der Waals surface area contributed by atoms with Crippen molar-refractivity contribution < 1.29 is 14.3 Å². The van der Waals surface area contributed by atoms with Gasteiger partial charge in [0.05, 0.1) is 18.4 Å².